The van der Waals surface area contributed by atoms with Crippen LogP contribution in [0.25, 0.3) is 10.9 Å². The van der Waals surface area contributed by atoms with Crippen LogP contribution in [0.1, 0.15) is 18.5 Å². The maximum atomic E-state index is 11.3. The zero-order valence-corrected chi connectivity index (χ0v) is 11.8. The minimum absolute atomic E-state index is 0.136. The normalized spacial score (nSPS) is 14.8. The topological polar surface area (TPSA) is 45.5 Å². The van der Waals surface area contributed by atoms with Crippen molar-refractivity contribution < 1.29 is 9.90 Å². The van der Waals surface area contributed by atoms with Crippen LogP contribution in [0.2, 0.25) is 0 Å². The van der Waals surface area contributed by atoms with Crippen LogP contribution in [0.3, 0.4) is 0 Å². The zero-order valence-electron chi connectivity index (χ0n) is 11.8. The van der Waals surface area contributed by atoms with E-state index < -0.39 is 11.9 Å². The number of carboxylic acid groups (broad SMARTS) is 1. The summed E-state index contributed by atoms with van der Waals surface area (Å²) in [5.41, 5.74) is 2.19. The average Bonchev–Trinajstić information content (AvgIpc) is 2.67. The molecule has 0 saturated heterocycles. The van der Waals surface area contributed by atoms with Crippen LogP contribution in [0.4, 0.5) is 0 Å². The van der Waals surface area contributed by atoms with Crippen LogP contribution in [0.15, 0.2) is 30.5 Å². The molecule has 0 aliphatic rings. The van der Waals surface area contributed by atoms with Crippen molar-refractivity contribution in [2.24, 2.45) is 13.0 Å². The standard InChI is InChI=1S/C15H20N2O2/c1-10(15(18)19)14(16(2)3)12-9-17(4)13-8-6-5-7-11(12)13/h5-10,14H,1-4H3,(H,18,19). The highest BCUT2D eigenvalue weighted by atomic mass is 16.4. The molecule has 0 amide bonds. The third kappa shape index (κ3) is 2.36. The number of benzene rings is 1. The van der Waals surface area contributed by atoms with Crippen molar-refractivity contribution in [3.63, 3.8) is 0 Å². The van der Waals surface area contributed by atoms with E-state index in [1.54, 1.807) is 6.92 Å². The molecule has 1 aromatic heterocycles. The van der Waals surface area contributed by atoms with Crippen molar-refractivity contribution >= 4 is 16.9 Å². The molecule has 102 valence electrons. The Kier molecular flexibility index (Phi) is 3.62. The molecule has 0 aliphatic heterocycles. The second-order valence-corrected chi connectivity index (χ2v) is 5.25. The Morgan fingerprint density at radius 3 is 2.53 bits per heavy atom. The summed E-state index contributed by atoms with van der Waals surface area (Å²) in [4.78, 5) is 13.3. The number of carbonyl (C=O) groups is 1. The minimum Gasteiger partial charge on any atom is -0.481 e. The van der Waals surface area contributed by atoms with Crippen LogP contribution in [-0.2, 0) is 11.8 Å². The molecule has 1 heterocycles. The van der Waals surface area contributed by atoms with Crippen LogP contribution < -0.4 is 0 Å². The number of para-hydroxylation sites is 1. The Labute approximate surface area is 113 Å². The lowest BCUT2D eigenvalue weighted by molar-refractivity contribution is -0.143. The Balaban J connectivity index is 2.60. The summed E-state index contributed by atoms with van der Waals surface area (Å²) in [5, 5.41) is 10.4. The van der Waals surface area contributed by atoms with E-state index in [-0.39, 0.29) is 6.04 Å². The van der Waals surface area contributed by atoms with E-state index in [0.29, 0.717) is 0 Å². The molecule has 0 radical (unpaired) electrons. The average molecular weight is 260 g/mol. The molecule has 0 fully saturated rings. The summed E-state index contributed by atoms with van der Waals surface area (Å²) in [5.74, 6) is -1.23. The van der Waals surface area contributed by atoms with Gasteiger partial charge in [-0.05, 0) is 25.7 Å². The molecule has 0 bridgehead atoms. The summed E-state index contributed by atoms with van der Waals surface area (Å²) < 4.78 is 2.05. The lowest BCUT2D eigenvalue weighted by Gasteiger charge is -2.27. The summed E-state index contributed by atoms with van der Waals surface area (Å²) in [6.45, 7) is 1.76. The number of hydrogen-bond donors (Lipinski definition) is 1. The number of nitrogens with zero attached hydrogens (tertiary/aromatic N) is 2. The first-order chi connectivity index (χ1) is 8.93. The van der Waals surface area contributed by atoms with Crippen LogP contribution in [0, 0.1) is 5.92 Å². The molecule has 2 unspecified atom stereocenters. The van der Waals surface area contributed by atoms with Gasteiger partial charge in [-0.3, -0.25) is 4.79 Å². The largest absolute Gasteiger partial charge is 0.481 e. The highest BCUT2D eigenvalue weighted by molar-refractivity contribution is 5.85. The molecule has 4 nitrogen and oxygen atoms in total. The molecule has 0 spiro atoms. The fourth-order valence-corrected chi connectivity index (χ4v) is 2.74. The van der Waals surface area contributed by atoms with Gasteiger partial charge in [-0.2, -0.15) is 0 Å². The smallest absolute Gasteiger partial charge is 0.308 e. The number of aromatic nitrogens is 1. The fraction of sp³-hybridized carbons (Fsp3) is 0.400. The van der Waals surface area contributed by atoms with Crippen molar-refractivity contribution in [1.82, 2.24) is 9.47 Å². The summed E-state index contributed by atoms with van der Waals surface area (Å²) in [6, 6.07) is 7.96. The van der Waals surface area contributed by atoms with Crippen molar-refractivity contribution in [3.8, 4) is 0 Å². The predicted molar refractivity (Wildman–Crippen MR) is 76.1 cm³/mol. The Bertz CT molecular complexity index is 601. The monoisotopic (exact) mass is 260 g/mol. The predicted octanol–water partition coefficient (Wildman–Crippen LogP) is 2.50. The summed E-state index contributed by atoms with van der Waals surface area (Å²) >= 11 is 0. The molecule has 0 aliphatic carbocycles. The van der Waals surface area contributed by atoms with E-state index in [9.17, 15) is 9.90 Å². The lowest BCUT2D eigenvalue weighted by Crippen LogP contribution is -2.30. The van der Waals surface area contributed by atoms with E-state index in [1.807, 2.05) is 44.4 Å². The van der Waals surface area contributed by atoms with Gasteiger partial charge < -0.3 is 14.6 Å². The van der Waals surface area contributed by atoms with Gasteiger partial charge in [0, 0.05) is 30.2 Å². The summed E-state index contributed by atoms with van der Waals surface area (Å²) in [7, 11) is 5.84. The van der Waals surface area contributed by atoms with Gasteiger partial charge in [0.2, 0.25) is 0 Å². The molecule has 1 N–H and O–H groups in total. The van der Waals surface area contributed by atoms with Gasteiger partial charge in [-0.25, -0.2) is 0 Å². The van der Waals surface area contributed by atoms with Crippen LogP contribution in [-0.4, -0.2) is 34.6 Å². The lowest BCUT2D eigenvalue weighted by atomic mass is 9.93. The quantitative estimate of drug-likeness (QED) is 0.918. The Morgan fingerprint density at radius 1 is 1.32 bits per heavy atom. The van der Waals surface area contributed by atoms with Crippen LogP contribution >= 0.6 is 0 Å². The highest BCUT2D eigenvalue weighted by Gasteiger charge is 2.29. The molecule has 1 aromatic carbocycles. The maximum Gasteiger partial charge on any atom is 0.308 e. The molecular weight excluding hydrogens is 240 g/mol. The molecule has 19 heavy (non-hydrogen) atoms. The van der Waals surface area contributed by atoms with Gasteiger partial charge in [0.25, 0.3) is 0 Å². The number of hydrogen-bond acceptors (Lipinski definition) is 2. The molecule has 2 aromatic rings. The molecule has 0 saturated carbocycles. The van der Waals surface area contributed by atoms with Crippen molar-refractivity contribution in [2.45, 2.75) is 13.0 Å². The van der Waals surface area contributed by atoms with Crippen molar-refractivity contribution in [2.75, 3.05) is 14.1 Å². The number of fused-ring (bicyclic) bond motifs is 1. The van der Waals surface area contributed by atoms with Crippen LogP contribution in [0.5, 0.6) is 0 Å². The van der Waals surface area contributed by atoms with Gasteiger partial charge in [-0.1, -0.05) is 25.1 Å². The van der Waals surface area contributed by atoms with E-state index >= 15 is 0 Å². The molecule has 4 heteroatoms. The molecular formula is C15H20N2O2. The second kappa shape index (κ2) is 5.05. The third-order valence-electron chi connectivity index (χ3n) is 3.67. The second-order valence-electron chi connectivity index (χ2n) is 5.25. The first-order valence-corrected chi connectivity index (χ1v) is 6.36. The van der Waals surface area contributed by atoms with Gasteiger partial charge in [0.1, 0.15) is 0 Å². The fourth-order valence-electron chi connectivity index (χ4n) is 2.74. The number of aryl methyl sites for hydroxylation is 1. The maximum absolute atomic E-state index is 11.3. The Morgan fingerprint density at radius 2 is 1.95 bits per heavy atom. The number of carboxylic acids is 1. The van der Waals surface area contributed by atoms with E-state index in [0.717, 1.165) is 16.5 Å². The molecule has 2 atom stereocenters. The van der Waals surface area contributed by atoms with Gasteiger partial charge >= 0.3 is 5.97 Å². The van der Waals surface area contributed by atoms with E-state index in [4.69, 9.17) is 0 Å². The minimum atomic E-state index is -0.772. The number of rotatable bonds is 4. The van der Waals surface area contributed by atoms with Gasteiger partial charge in [-0.15, -0.1) is 0 Å². The summed E-state index contributed by atoms with van der Waals surface area (Å²) in [6.07, 6.45) is 2.04. The molecule has 2 rings (SSSR count). The van der Waals surface area contributed by atoms with E-state index in [1.165, 1.54) is 0 Å². The highest BCUT2D eigenvalue weighted by Crippen LogP contribution is 2.33. The van der Waals surface area contributed by atoms with Crippen molar-refractivity contribution in [3.05, 3.63) is 36.0 Å². The van der Waals surface area contributed by atoms with Gasteiger partial charge in [0.05, 0.1) is 5.92 Å². The third-order valence-corrected chi connectivity index (χ3v) is 3.67. The van der Waals surface area contributed by atoms with Gasteiger partial charge in [0.15, 0.2) is 0 Å². The van der Waals surface area contributed by atoms with E-state index in [2.05, 4.69) is 16.7 Å². The first-order valence-electron chi connectivity index (χ1n) is 6.36. The zero-order chi connectivity index (χ0) is 14.2. The first kappa shape index (κ1) is 13.6. The SMILES string of the molecule is CC(C(=O)O)C(c1cn(C)c2ccccc12)N(C)C. The van der Waals surface area contributed by atoms with Crippen molar-refractivity contribution in [1.29, 1.82) is 0 Å². The number of aliphatic carboxylic acids is 1. The Hall–Kier alpha value is -1.81.